The summed E-state index contributed by atoms with van der Waals surface area (Å²) in [7, 11) is -7.42. The summed E-state index contributed by atoms with van der Waals surface area (Å²) in [5, 5.41) is 0. The van der Waals surface area contributed by atoms with E-state index < -0.39 is 20.0 Å². The molecule has 0 aliphatic carbocycles. The monoisotopic (exact) mass is 235 g/mol. The molecule has 12 heavy (non-hydrogen) atoms. The summed E-state index contributed by atoms with van der Waals surface area (Å²) >= 11 is 5.24. The molecule has 0 aliphatic rings. The van der Waals surface area contributed by atoms with E-state index in [9.17, 15) is 16.8 Å². The van der Waals surface area contributed by atoms with E-state index in [2.05, 4.69) is 0 Å². The minimum absolute atomic E-state index is 0.185. The zero-order chi connectivity index (χ0) is 9.83. The SMILES string of the molecule is CS(=O)(=O)NS(=O)(=O)CCCCl. The van der Waals surface area contributed by atoms with Gasteiger partial charge in [-0.2, -0.15) is 0 Å². The Kier molecular flexibility index (Phi) is 4.46. The van der Waals surface area contributed by atoms with Crippen LogP contribution in [0.2, 0.25) is 0 Å². The highest BCUT2D eigenvalue weighted by molar-refractivity contribution is 8.04. The number of halogens is 1. The summed E-state index contributed by atoms with van der Waals surface area (Å²) in [5.74, 6) is -0.0890. The molecule has 0 saturated carbocycles. The van der Waals surface area contributed by atoms with E-state index in [1.165, 1.54) is 4.13 Å². The van der Waals surface area contributed by atoms with Gasteiger partial charge in [0.05, 0.1) is 12.0 Å². The standard InChI is InChI=1S/C4H10ClNO4S2/c1-11(7,8)6-12(9,10)4-2-3-5/h6H,2-4H2,1H3. The van der Waals surface area contributed by atoms with E-state index >= 15 is 0 Å². The molecule has 0 aromatic rings. The van der Waals surface area contributed by atoms with Gasteiger partial charge in [0.1, 0.15) is 0 Å². The van der Waals surface area contributed by atoms with E-state index in [0.717, 1.165) is 6.26 Å². The summed E-state index contributed by atoms with van der Waals surface area (Å²) in [6.45, 7) is 0. The predicted octanol–water partition coefficient (Wildman–Crippen LogP) is -0.506. The second-order valence-corrected chi connectivity index (χ2v) is 6.44. The van der Waals surface area contributed by atoms with Crippen LogP contribution in [0.4, 0.5) is 0 Å². The van der Waals surface area contributed by atoms with Gasteiger partial charge >= 0.3 is 0 Å². The first-order chi connectivity index (χ1) is 5.27. The number of hydrogen-bond acceptors (Lipinski definition) is 4. The molecule has 0 atom stereocenters. The average molecular weight is 236 g/mol. The fourth-order valence-electron chi connectivity index (χ4n) is 0.517. The molecule has 0 rings (SSSR count). The quantitative estimate of drug-likeness (QED) is 0.652. The third kappa shape index (κ3) is 6.84. The Bertz CT molecular complexity index is 319. The van der Waals surface area contributed by atoms with Gasteiger partial charge in [0.2, 0.25) is 20.0 Å². The maximum Gasteiger partial charge on any atom is 0.224 e. The van der Waals surface area contributed by atoms with Crippen molar-refractivity contribution < 1.29 is 16.8 Å². The lowest BCUT2D eigenvalue weighted by atomic mass is 10.6. The molecule has 0 aromatic heterocycles. The van der Waals surface area contributed by atoms with Gasteiger partial charge in [-0.3, -0.25) is 0 Å². The van der Waals surface area contributed by atoms with Gasteiger partial charge < -0.3 is 0 Å². The number of sulfonamides is 2. The molecule has 0 bridgehead atoms. The van der Waals surface area contributed by atoms with Gasteiger partial charge in [0.15, 0.2) is 0 Å². The molecule has 0 heterocycles. The molecule has 0 aromatic carbocycles. The first-order valence-electron chi connectivity index (χ1n) is 3.04. The molecule has 0 aliphatic heterocycles. The Morgan fingerprint density at radius 3 is 2.08 bits per heavy atom. The van der Waals surface area contributed by atoms with E-state index in [0.29, 0.717) is 0 Å². The fourth-order valence-corrected chi connectivity index (χ4v) is 3.51. The Balaban J connectivity index is 4.26. The highest BCUT2D eigenvalue weighted by Crippen LogP contribution is 1.93. The molecule has 0 saturated heterocycles. The van der Waals surface area contributed by atoms with Crippen LogP contribution in [0.1, 0.15) is 6.42 Å². The van der Waals surface area contributed by atoms with Crippen molar-refractivity contribution in [3.05, 3.63) is 0 Å². The molecule has 0 unspecified atom stereocenters. The van der Waals surface area contributed by atoms with Gasteiger partial charge in [-0.1, -0.05) is 0 Å². The minimum atomic E-state index is -3.72. The zero-order valence-corrected chi connectivity index (χ0v) is 8.84. The average Bonchev–Trinajstić information content (AvgIpc) is 1.78. The molecule has 0 radical (unpaired) electrons. The van der Waals surface area contributed by atoms with Crippen LogP contribution in [0.25, 0.3) is 0 Å². The van der Waals surface area contributed by atoms with Crippen molar-refractivity contribution in [2.45, 2.75) is 6.42 Å². The summed E-state index contributed by atoms with van der Waals surface area (Å²) in [6.07, 6.45) is 1.01. The lowest BCUT2D eigenvalue weighted by Gasteiger charge is -2.01. The highest BCUT2D eigenvalue weighted by Gasteiger charge is 2.15. The Hall–Kier alpha value is 0.150. The van der Waals surface area contributed by atoms with Gasteiger partial charge in [-0.25, -0.2) is 16.8 Å². The molecular formula is C4H10ClNO4S2. The van der Waals surface area contributed by atoms with Gasteiger partial charge in [-0.05, 0) is 6.42 Å². The molecule has 0 spiro atoms. The number of rotatable bonds is 5. The summed E-state index contributed by atoms with van der Waals surface area (Å²) in [6, 6.07) is 0. The van der Waals surface area contributed by atoms with Crippen molar-refractivity contribution in [1.29, 1.82) is 0 Å². The topological polar surface area (TPSA) is 80.3 Å². The van der Waals surface area contributed by atoms with Gasteiger partial charge in [0.25, 0.3) is 0 Å². The summed E-state index contributed by atoms with van der Waals surface area (Å²) in [4.78, 5) is 0. The van der Waals surface area contributed by atoms with Crippen LogP contribution >= 0.6 is 11.6 Å². The van der Waals surface area contributed by atoms with Crippen LogP contribution < -0.4 is 4.13 Å². The molecule has 0 amide bonds. The molecule has 5 nitrogen and oxygen atoms in total. The molecule has 74 valence electrons. The van der Waals surface area contributed by atoms with E-state index in [1.54, 1.807) is 0 Å². The number of hydrogen-bond donors (Lipinski definition) is 1. The Labute approximate surface area is 77.2 Å². The second kappa shape index (κ2) is 4.40. The number of nitrogens with one attached hydrogen (secondary N) is 1. The second-order valence-electron chi connectivity index (χ2n) is 2.22. The zero-order valence-electron chi connectivity index (χ0n) is 6.45. The van der Waals surface area contributed by atoms with Crippen molar-refractivity contribution in [3.63, 3.8) is 0 Å². The van der Waals surface area contributed by atoms with Crippen molar-refractivity contribution in [3.8, 4) is 0 Å². The maximum absolute atomic E-state index is 10.9. The van der Waals surface area contributed by atoms with E-state index in [4.69, 9.17) is 11.6 Å². The van der Waals surface area contributed by atoms with Crippen molar-refractivity contribution >= 4 is 31.6 Å². The predicted molar refractivity (Wildman–Crippen MR) is 47.1 cm³/mol. The number of alkyl halides is 1. The largest absolute Gasteiger partial charge is 0.224 e. The van der Waals surface area contributed by atoms with E-state index in [-0.39, 0.29) is 18.1 Å². The smallest absolute Gasteiger partial charge is 0.212 e. The molecule has 1 N–H and O–H groups in total. The van der Waals surface area contributed by atoms with Crippen molar-refractivity contribution in [2.75, 3.05) is 17.9 Å². The van der Waals surface area contributed by atoms with Gasteiger partial charge in [-0.15, -0.1) is 15.7 Å². The summed E-state index contributed by atoms with van der Waals surface area (Å²) in [5.41, 5.74) is 0. The van der Waals surface area contributed by atoms with Crippen LogP contribution in [-0.4, -0.2) is 34.7 Å². The maximum atomic E-state index is 10.9. The third-order valence-corrected chi connectivity index (χ3v) is 4.15. The molecule has 0 fully saturated rings. The molecular weight excluding hydrogens is 226 g/mol. The first kappa shape index (κ1) is 12.2. The highest BCUT2D eigenvalue weighted by atomic mass is 35.5. The van der Waals surface area contributed by atoms with Crippen LogP contribution in [-0.2, 0) is 20.0 Å². The first-order valence-corrected chi connectivity index (χ1v) is 7.12. The van der Waals surface area contributed by atoms with Crippen LogP contribution in [0.3, 0.4) is 0 Å². The van der Waals surface area contributed by atoms with E-state index in [1.807, 2.05) is 0 Å². The molecule has 8 heteroatoms. The lowest BCUT2D eigenvalue weighted by molar-refractivity contribution is 0.579. The van der Waals surface area contributed by atoms with Crippen LogP contribution in [0.5, 0.6) is 0 Å². The van der Waals surface area contributed by atoms with Crippen molar-refractivity contribution in [2.24, 2.45) is 0 Å². The fraction of sp³-hybridized carbons (Fsp3) is 1.00. The minimum Gasteiger partial charge on any atom is -0.212 e. The normalized spacial score (nSPS) is 13.2. The van der Waals surface area contributed by atoms with Gasteiger partial charge in [0, 0.05) is 5.88 Å². The summed E-state index contributed by atoms with van der Waals surface area (Å²) < 4.78 is 44.2. The lowest BCUT2D eigenvalue weighted by Crippen LogP contribution is -2.31. The van der Waals surface area contributed by atoms with Crippen molar-refractivity contribution in [1.82, 2.24) is 4.13 Å². The van der Waals surface area contributed by atoms with Crippen LogP contribution in [0, 0.1) is 0 Å². The Morgan fingerprint density at radius 2 is 1.75 bits per heavy atom. The Morgan fingerprint density at radius 1 is 1.25 bits per heavy atom. The third-order valence-electron chi connectivity index (χ3n) is 0.825. The van der Waals surface area contributed by atoms with Crippen LogP contribution in [0.15, 0.2) is 0 Å².